The van der Waals surface area contributed by atoms with E-state index in [1.165, 1.54) is 12.1 Å². The number of halogens is 1. The van der Waals surface area contributed by atoms with Crippen LogP contribution in [0.3, 0.4) is 0 Å². The van der Waals surface area contributed by atoms with Gasteiger partial charge < -0.3 is 25.4 Å². The number of alkyl carbamates (subject to hydrolysis) is 1. The number of piperidine rings is 1. The smallest absolute Gasteiger partial charge is 0.407 e. The summed E-state index contributed by atoms with van der Waals surface area (Å²) in [7, 11) is 0. The molecule has 10 heteroatoms. The van der Waals surface area contributed by atoms with Crippen molar-refractivity contribution >= 4 is 17.6 Å². The molecule has 0 radical (unpaired) electrons. The third-order valence-corrected chi connectivity index (χ3v) is 8.09. The van der Waals surface area contributed by atoms with Gasteiger partial charge in [-0.3, -0.25) is 0 Å². The van der Waals surface area contributed by atoms with Gasteiger partial charge in [-0.15, -0.1) is 5.10 Å². The molecule has 228 valence electrons. The van der Waals surface area contributed by atoms with Crippen molar-refractivity contribution in [2.75, 3.05) is 29.9 Å². The molecule has 1 amide bonds. The summed E-state index contributed by atoms with van der Waals surface area (Å²) >= 11 is 0. The molecule has 2 fully saturated rings. The van der Waals surface area contributed by atoms with Crippen molar-refractivity contribution in [3.05, 3.63) is 59.9 Å². The van der Waals surface area contributed by atoms with Crippen molar-refractivity contribution in [1.29, 1.82) is 5.26 Å². The number of aliphatic hydroxyl groups excluding tert-OH is 1. The second-order valence-corrected chi connectivity index (χ2v) is 12.6. The lowest BCUT2D eigenvalue weighted by Gasteiger charge is -2.31. The highest BCUT2D eigenvalue weighted by Crippen LogP contribution is 2.30. The first-order valence-corrected chi connectivity index (χ1v) is 15.1. The number of nitriles is 1. The third-order valence-electron chi connectivity index (χ3n) is 8.09. The first kappa shape index (κ1) is 30.4. The Morgan fingerprint density at radius 3 is 2.49 bits per heavy atom. The standard InChI is InChI=1S/C33H41FN6O3/c1-33(2,3)43-32(42)37-25-6-4-5-22(17-25)21-36-31-19-30(23-7-8-24(20-35)29(34)18-23)40(38-31)27-11-9-26(10-12-27)39-15-13-28(41)14-16-39/h7-12,18-19,22,25,28,41H,4-6,13-17,21H2,1-3H3,(H,36,38)(H,37,42)/t22-,25-/m0/s1. The first-order chi connectivity index (χ1) is 20.6. The summed E-state index contributed by atoms with van der Waals surface area (Å²) in [5, 5.41) is 30.4. The Balaban J connectivity index is 1.32. The van der Waals surface area contributed by atoms with Gasteiger partial charge >= 0.3 is 6.09 Å². The summed E-state index contributed by atoms with van der Waals surface area (Å²) in [5.41, 5.74) is 2.69. The van der Waals surface area contributed by atoms with E-state index in [9.17, 15) is 19.6 Å². The van der Waals surface area contributed by atoms with Gasteiger partial charge in [0.15, 0.2) is 0 Å². The Bertz CT molecular complexity index is 1450. The Labute approximate surface area is 252 Å². The van der Waals surface area contributed by atoms with Crippen molar-refractivity contribution < 1.29 is 19.0 Å². The molecule has 0 spiro atoms. The Morgan fingerprint density at radius 2 is 1.81 bits per heavy atom. The minimum absolute atomic E-state index is 0.00369. The number of hydrogen-bond acceptors (Lipinski definition) is 7. The molecule has 5 rings (SSSR count). The van der Waals surface area contributed by atoms with Crippen LogP contribution in [0, 0.1) is 23.1 Å². The maximum Gasteiger partial charge on any atom is 0.407 e. The molecular weight excluding hydrogens is 547 g/mol. The van der Waals surface area contributed by atoms with Crippen LogP contribution in [0.25, 0.3) is 16.9 Å². The van der Waals surface area contributed by atoms with E-state index in [1.807, 2.05) is 57.2 Å². The average molecular weight is 589 g/mol. The van der Waals surface area contributed by atoms with Crippen LogP contribution in [0.15, 0.2) is 48.5 Å². The fourth-order valence-electron chi connectivity index (χ4n) is 5.89. The fraction of sp³-hybridized carbons (Fsp3) is 0.485. The summed E-state index contributed by atoms with van der Waals surface area (Å²) in [4.78, 5) is 14.6. The van der Waals surface area contributed by atoms with Crippen LogP contribution in [-0.4, -0.2) is 58.4 Å². The number of benzene rings is 2. The topological polar surface area (TPSA) is 115 Å². The van der Waals surface area contributed by atoms with Crippen LogP contribution in [-0.2, 0) is 4.74 Å². The highest BCUT2D eigenvalue weighted by Gasteiger charge is 2.26. The van der Waals surface area contributed by atoms with Crippen molar-refractivity contribution in [2.24, 2.45) is 5.92 Å². The highest BCUT2D eigenvalue weighted by molar-refractivity contribution is 5.68. The SMILES string of the molecule is CC(C)(C)OC(=O)N[C@H]1CCC[C@H](CNc2cc(-c3ccc(C#N)c(F)c3)n(-c3ccc(N4CCC(O)CC4)cc3)n2)C1. The van der Waals surface area contributed by atoms with E-state index in [-0.39, 0.29) is 23.8 Å². The molecule has 2 aliphatic rings. The maximum absolute atomic E-state index is 14.6. The summed E-state index contributed by atoms with van der Waals surface area (Å²) in [5.74, 6) is 0.434. The minimum atomic E-state index is -0.573. The van der Waals surface area contributed by atoms with E-state index in [0.717, 1.165) is 63.0 Å². The molecule has 3 aromatic rings. The number of nitrogens with zero attached hydrogens (tertiary/aromatic N) is 4. The molecule has 0 bridgehead atoms. The van der Waals surface area contributed by atoms with Crippen molar-refractivity contribution in [3.8, 4) is 23.0 Å². The first-order valence-electron chi connectivity index (χ1n) is 15.1. The molecule has 1 aromatic heterocycles. The second-order valence-electron chi connectivity index (χ2n) is 12.6. The summed E-state index contributed by atoms with van der Waals surface area (Å²) in [6, 6.07) is 16.5. The van der Waals surface area contributed by atoms with Crippen molar-refractivity contribution in [1.82, 2.24) is 15.1 Å². The zero-order valence-corrected chi connectivity index (χ0v) is 25.1. The molecule has 2 heterocycles. The van der Waals surface area contributed by atoms with E-state index in [0.29, 0.717) is 29.5 Å². The summed E-state index contributed by atoms with van der Waals surface area (Å²) in [6.45, 7) is 7.87. The zero-order valence-electron chi connectivity index (χ0n) is 25.1. The lowest BCUT2D eigenvalue weighted by Crippen LogP contribution is -2.42. The summed E-state index contributed by atoms with van der Waals surface area (Å²) < 4.78 is 21.9. The summed E-state index contributed by atoms with van der Waals surface area (Å²) in [6.07, 6.45) is 4.71. The van der Waals surface area contributed by atoms with Crippen LogP contribution in [0.2, 0.25) is 0 Å². The number of hydrogen-bond donors (Lipinski definition) is 3. The van der Waals surface area contributed by atoms with Gasteiger partial charge in [0.2, 0.25) is 0 Å². The molecule has 2 aromatic carbocycles. The molecule has 1 aliphatic heterocycles. The number of ether oxygens (including phenoxy) is 1. The molecule has 9 nitrogen and oxygen atoms in total. The third kappa shape index (κ3) is 7.85. The van der Waals surface area contributed by atoms with Crippen LogP contribution in [0.5, 0.6) is 0 Å². The second kappa shape index (κ2) is 13.0. The quantitative estimate of drug-likeness (QED) is 0.310. The highest BCUT2D eigenvalue weighted by atomic mass is 19.1. The van der Waals surface area contributed by atoms with Gasteiger partial charge in [0, 0.05) is 43.0 Å². The minimum Gasteiger partial charge on any atom is -0.444 e. The molecule has 0 unspecified atom stereocenters. The number of nitrogens with one attached hydrogen (secondary N) is 2. The van der Waals surface area contributed by atoms with Gasteiger partial charge in [-0.1, -0.05) is 12.5 Å². The van der Waals surface area contributed by atoms with Gasteiger partial charge in [-0.2, -0.15) is 5.26 Å². The number of aliphatic hydroxyl groups is 1. The van der Waals surface area contributed by atoms with Gasteiger partial charge in [0.25, 0.3) is 0 Å². The Hall–Kier alpha value is -4.10. The van der Waals surface area contributed by atoms with Gasteiger partial charge in [-0.05, 0) is 95.2 Å². The zero-order chi connectivity index (χ0) is 30.6. The fourth-order valence-corrected chi connectivity index (χ4v) is 5.89. The van der Waals surface area contributed by atoms with Crippen LogP contribution >= 0.6 is 0 Å². The predicted octanol–water partition coefficient (Wildman–Crippen LogP) is 6.01. The number of anilines is 2. The molecule has 1 saturated carbocycles. The Kier molecular flexibility index (Phi) is 9.21. The number of amides is 1. The van der Waals surface area contributed by atoms with E-state index >= 15 is 0 Å². The lowest BCUT2D eigenvalue weighted by molar-refractivity contribution is 0.0486. The normalized spacial score (nSPS) is 19.5. The number of carbonyl (C=O) groups is 1. The maximum atomic E-state index is 14.6. The van der Waals surface area contributed by atoms with Gasteiger partial charge in [-0.25, -0.2) is 13.9 Å². The van der Waals surface area contributed by atoms with Crippen molar-refractivity contribution in [2.45, 2.75) is 77.0 Å². The molecular formula is C33H41FN6O3. The van der Waals surface area contributed by atoms with Gasteiger partial charge in [0.05, 0.1) is 23.0 Å². The molecule has 1 saturated heterocycles. The number of aromatic nitrogens is 2. The largest absolute Gasteiger partial charge is 0.444 e. The predicted molar refractivity (Wildman–Crippen MR) is 165 cm³/mol. The Morgan fingerprint density at radius 1 is 1.09 bits per heavy atom. The van der Waals surface area contributed by atoms with E-state index in [2.05, 4.69) is 15.5 Å². The molecule has 3 N–H and O–H groups in total. The average Bonchev–Trinajstić information content (AvgIpc) is 3.40. The van der Waals surface area contributed by atoms with Crippen LogP contribution in [0.4, 0.5) is 20.7 Å². The monoisotopic (exact) mass is 588 g/mol. The molecule has 1 aliphatic carbocycles. The lowest BCUT2D eigenvalue weighted by atomic mass is 9.85. The number of rotatable bonds is 7. The molecule has 43 heavy (non-hydrogen) atoms. The van der Waals surface area contributed by atoms with E-state index in [1.54, 1.807) is 10.7 Å². The van der Waals surface area contributed by atoms with E-state index < -0.39 is 11.4 Å². The van der Waals surface area contributed by atoms with E-state index in [4.69, 9.17) is 9.84 Å². The van der Waals surface area contributed by atoms with Crippen LogP contribution < -0.4 is 15.5 Å². The number of carbonyl (C=O) groups excluding carboxylic acids is 1. The van der Waals surface area contributed by atoms with Gasteiger partial charge in [0.1, 0.15) is 23.3 Å². The molecule has 2 atom stereocenters. The van der Waals surface area contributed by atoms with Crippen LogP contribution in [0.1, 0.15) is 64.9 Å². The van der Waals surface area contributed by atoms with Crippen molar-refractivity contribution in [3.63, 3.8) is 0 Å².